The van der Waals surface area contributed by atoms with E-state index < -0.39 is 8.80 Å². The van der Waals surface area contributed by atoms with Gasteiger partial charge in [0.15, 0.2) is 0 Å². The summed E-state index contributed by atoms with van der Waals surface area (Å²) >= 11 is 0. The van der Waals surface area contributed by atoms with Crippen molar-refractivity contribution >= 4 is 14.1 Å². The molecule has 0 bridgehead atoms. The lowest BCUT2D eigenvalue weighted by Crippen LogP contribution is -2.55. The lowest BCUT2D eigenvalue weighted by Gasteiger charge is -2.22. The van der Waals surface area contributed by atoms with E-state index in [1.807, 2.05) is 18.3 Å². The fourth-order valence-corrected chi connectivity index (χ4v) is 2.82. The molecule has 5 heteroatoms. The number of hydrogen-bond acceptors (Lipinski definition) is 3. The molecule has 1 rings (SSSR count). The fourth-order valence-electron chi connectivity index (χ4n) is 1.10. The molecule has 0 saturated carbocycles. The molecule has 1 aromatic rings. The maximum absolute atomic E-state index is 5.24. The van der Waals surface area contributed by atoms with Crippen LogP contribution in [0, 0.1) is 0 Å². The Hall–Kier alpha value is -0.623. The molecule has 0 aromatic carbocycles. The zero-order chi connectivity index (χ0) is 9.03. The average Bonchev–Trinajstić information content (AvgIpc) is 2.62. The second-order valence-electron chi connectivity index (χ2n) is 2.25. The first kappa shape index (κ1) is 9.46. The first-order chi connectivity index (χ1) is 5.79. The van der Waals surface area contributed by atoms with E-state index in [2.05, 4.69) is 4.98 Å². The van der Waals surface area contributed by atoms with Crippen LogP contribution in [0.4, 0.5) is 0 Å². The van der Waals surface area contributed by atoms with Gasteiger partial charge in [0.1, 0.15) is 0 Å². The van der Waals surface area contributed by atoms with E-state index in [9.17, 15) is 0 Å². The summed E-state index contributed by atoms with van der Waals surface area (Å²) in [7, 11) is 2.15. The molecule has 68 valence electrons. The second-order valence-corrected chi connectivity index (χ2v) is 5.13. The van der Waals surface area contributed by atoms with Crippen LogP contribution in [0.5, 0.6) is 0 Å². The van der Waals surface area contributed by atoms with Crippen molar-refractivity contribution in [3.8, 4) is 0 Å². The fraction of sp³-hybridized carbons (Fsp3) is 0.429. The monoisotopic (exact) mass is 187 g/mol. The second kappa shape index (κ2) is 3.86. The molecule has 1 heterocycles. The van der Waals surface area contributed by atoms with E-state index in [1.165, 1.54) is 0 Å². The first-order valence-electron chi connectivity index (χ1n) is 3.58. The highest BCUT2D eigenvalue weighted by atomic mass is 28.4. The van der Waals surface area contributed by atoms with E-state index in [0.717, 1.165) is 5.32 Å². The van der Waals surface area contributed by atoms with Crippen molar-refractivity contribution in [3.63, 3.8) is 0 Å². The summed E-state index contributed by atoms with van der Waals surface area (Å²) in [5.41, 5.74) is 0. The lowest BCUT2D eigenvalue weighted by atomic mass is 10.7. The molecule has 4 nitrogen and oxygen atoms in total. The minimum Gasteiger partial charge on any atom is -0.373 e. The highest BCUT2D eigenvalue weighted by Gasteiger charge is 2.41. The van der Waals surface area contributed by atoms with Crippen molar-refractivity contribution < 1.29 is 13.3 Å². The van der Waals surface area contributed by atoms with Crippen molar-refractivity contribution in [3.05, 3.63) is 18.3 Å². The summed E-state index contributed by atoms with van der Waals surface area (Å²) in [4.78, 5) is 3.02. The third kappa shape index (κ3) is 1.44. The van der Waals surface area contributed by atoms with E-state index in [0.29, 0.717) is 0 Å². The smallest absolute Gasteiger partial charge is 0.373 e. The van der Waals surface area contributed by atoms with Crippen LogP contribution in [-0.4, -0.2) is 35.1 Å². The van der Waals surface area contributed by atoms with Gasteiger partial charge in [-0.3, -0.25) is 0 Å². The number of hydrogen-bond donors (Lipinski definition) is 1. The van der Waals surface area contributed by atoms with Gasteiger partial charge in [0.2, 0.25) is 0 Å². The molecule has 0 aliphatic rings. The zero-order valence-electron chi connectivity index (χ0n) is 7.46. The maximum Gasteiger partial charge on any atom is 0.553 e. The lowest BCUT2D eigenvalue weighted by molar-refractivity contribution is 0.139. The summed E-state index contributed by atoms with van der Waals surface area (Å²) in [5.74, 6) is 0. The Morgan fingerprint density at radius 2 is 1.75 bits per heavy atom. The largest absolute Gasteiger partial charge is 0.553 e. The molecule has 1 N–H and O–H groups in total. The third-order valence-electron chi connectivity index (χ3n) is 1.73. The van der Waals surface area contributed by atoms with Gasteiger partial charge in [-0.1, -0.05) is 0 Å². The minimum absolute atomic E-state index is 0.870. The van der Waals surface area contributed by atoms with E-state index in [1.54, 1.807) is 21.3 Å². The number of rotatable bonds is 4. The molecule has 0 aliphatic heterocycles. The Labute approximate surface area is 72.8 Å². The van der Waals surface area contributed by atoms with E-state index in [-0.39, 0.29) is 0 Å². The molecule has 1 aromatic heterocycles. The Morgan fingerprint density at radius 3 is 2.08 bits per heavy atom. The number of H-pyrrole nitrogens is 1. The summed E-state index contributed by atoms with van der Waals surface area (Å²) in [6, 6.07) is 3.77. The maximum atomic E-state index is 5.24. The molecular weight excluding hydrogens is 174 g/mol. The summed E-state index contributed by atoms with van der Waals surface area (Å²) in [5, 5.41) is 0.870. The molecule has 12 heavy (non-hydrogen) atoms. The van der Waals surface area contributed by atoms with Crippen molar-refractivity contribution in [2.24, 2.45) is 0 Å². The average molecular weight is 187 g/mol. The standard InChI is InChI=1S/C7H13NO3Si/c1-9-12(10-2,11-3)7-5-4-6-8-7/h4-6,8H,1-3H3. The van der Waals surface area contributed by atoms with Gasteiger partial charge in [-0.05, 0) is 12.1 Å². The zero-order valence-corrected chi connectivity index (χ0v) is 8.46. The SMILES string of the molecule is CO[Si](OC)(OC)c1ccc[nH]1. The van der Waals surface area contributed by atoms with Gasteiger partial charge in [0.25, 0.3) is 0 Å². The molecule has 0 spiro atoms. The topological polar surface area (TPSA) is 43.5 Å². The number of aromatic amines is 1. The Morgan fingerprint density at radius 1 is 1.17 bits per heavy atom. The van der Waals surface area contributed by atoms with E-state index >= 15 is 0 Å². The highest BCUT2D eigenvalue weighted by Crippen LogP contribution is 2.04. The van der Waals surface area contributed by atoms with Gasteiger partial charge in [0, 0.05) is 27.5 Å². The van der Waals surface area contributed by atoms with Crippen LogP contribution in [0.1, 0.15) is 0 Å². The molecule has 0 fully saturated rings. The normalized spacial score (nSPS) is 11.9. The Kier molecular flexibility index (Phi) is 3.04. The molecule has 0 unspecified atom stereocenters. The molecule has 0 amide bonds. The van der Waals surface area contributed by atoms with Crippen molar-refractivity contribution in [1.29, 1.82) is 0 Å². The van der Waals surface area contributed by atoms with Crippen LogP contribution in [-0.2, 0) is 13.3 Å². The third-order valence-corrected chi connectivity index (χ3v) is 4.32. The molecule has 0 aliphatic carbocycles. The van der Waals surface area contributed by atoms with Crippen LogP contribution in [0.25, 0.3) is 0 Å². The predicted octanol–water partition coefficient (Wildman–Crippen LogP) is 0.0998. The van der Waals surface area contributed by atoms with Gasteiger partial charge in [-0.25, -0.2) is 0 Å². The van der Waals surface area contributed by atoms with Crippen LogP contribution in [0.2, 0.25) is 0 Å². The van der Waals surface area contributed by atoms with Gasteiger partial charge in [0.05, 0.1) is 5.32 Å². The van der Waals surface area contributed by atoms with Crippen LogP contribution in [0.15, 0.2) is 18.3 Å². The molecular formula is C7H13NO3Si. The van der Waals surface area contributed by atoms with Gasteiger partial charge in [-0.15, -0.1) is 0 Å². The molecule has 0 saturated heterocycles. The predicted molar refractivity (Wildman–Crippen MR) is 47.2 cm³/mol. The summed E-state index contributed by atoms with van der Waals surface area (Å²) in [6.45, 7) is 0. The Balaban J connectivity index is 2.93. The Bertz CT molecular complexity index is 212. The minimum atomic E-state index is -2.60. The number of aromatic nitrogens is 1. The molecule has 0 radical (unpaired) electrons. The van der Waals surface area contributed by atoms with E-state index in [4.69, 9.17) is 13.3 Å². The van der Waals surface area contributed by atoms with Crippen molar-refractivity contribution in [2.45, 2.75) is 0 Å². The van der Waals surface area contributed by atoms with Gasteiger partial charge in [-0.2, -0.15) is 0 Å². The first-order valence-corrected chi connectivity index (χ1v) is 5.31. The van der Waals surface area contributed by atoms with Gasteiger partial charge >= 0.3 is 8.80 Å². The van der Waals surface area contributed by atoms with Crippen LogP contribution < -0.4 is 5.32 Å². The highest BCUT2D eigenvalue weighted by molar-refractivity contribution is 6.74. The summed E-state index contributed by atoms with van der Waals surface area (Å²) in [6.07, 6.45) is 1.81. The van der Waals surface area contributed by atoms with Crippen molar-refractivity contribution in [1.82, 2.24) is 4.98 Å². The molecule has 0 atom stereocenters. The number of nitrogens with one attached hydrogen (secondary N) is 1. The van der Waals surface area contributed by atoms with Crippen LogP contribution in [0.3, 0.4) is 0 Å². The summed E-state index contributed by atoms with van der Waals surface area (Å²) < 4.78 is 15.7. The van der Waals surface area contributed by atoms with Gasteiger partial charge < -0.3 is 18.3 Å². The quantitative estimate of drug-likeness (QED) is 0.680. The van der Waals surface area contributed by atoms with Crippen LogP contribution >= 0.6 is 0 Å². The van der Waals surface area contributed by atoms with Crippen molar-refractivity contribution in [2.75, 3.05) is 21.3 Å².